The Morgan fingerprint density at radius 3 is 2.35 bits per heavy atom. The first-order valence-electron chi connectivity index (χ1n) is 5.61. The standard InChI is InChI=1S/C12H13Cl2FN2O3/c1-6(11(18)19)5-17(2)12(20)16-10-8(13)3-7(15)4-9(10)14/h3-4,6H,5H2,1-2H3,(H,16,20)(H,18,19). The van der Waals surface area contributed by atoms with Gasteiger partial charge in [0.05, 0.1) is 21.7 Å². The molecule has 2 amide bonds. The van der Waals surface area contributed by atoms with Gasteiger partial charge in [-0.15, -0.1) is 0 Å². The molecule has 0 aliphatic carbocycles. The van der Waals surface area contributed by atoms with Crippen LogP contribution in [0.25, 0.3) is 0 Å². The van der Waals surface area contributed by atoms with Gasteiger partial charge in [0, 0.05) is 13.6 Å². The molecule has 5 nitrogen and oxygen atoms in total. The number of anilines is 1. The van der Waals surface area contributed by atoms with E-state index < -0.39 is 23.7 Å². The van der Waals surface area contributed by atoms with E-state index in [1.54, 1.807) is 0 Å². The van der Waals surface area contributed by atoms with Gasteiger partial charge in [0.2, 0.25) is 0 Å². The highest BCUT2D eigenvalue weighted by Gasteiger charge is 2.19. The SMILES string of the molecule is CC(CN(C)C(=O)Nc1c(Cl)cc(F)cc1Cl)C(=O)O. The molecule has 0 aromatic heterocycles. The van der Waals surface area contributed by atoms with Crippen LogP contribution in [0.3, 0.4) is 0 Å². The molecule has 0 fully saturated rings. The van der Waals surface area contributed by atoms with E-state index >= 15 is 0 Å². The largest absolute Gasteiger partial charge is 0.481 e. The van der Waals surface area contributed by atoms with Crippen molar-refractivity contribution in [2.45, 2.75) is 6.92 Å². The number of benzene rings is 1. The number of nitrogens with one attached hydrogen (secondary N) is 1. The van der Waals surface area contributed by atoms with Gasteiger partial charge in [-0.3, -0.25) is 4.79 Å². The molecule has 0 radical (unpaired) electrons. The third kappa shape index (κ3) is 4.25. The number of aliphatic carboxylic acids is 1. The first kappa shape index (κ1) is 16.5. The number of amides is 2. The summed E-state index contributed by atoms with van der Waals surface area (Å²) in [7, 11) is 1.43. The molecule has 1 aromatic rings. The second-order valence-corrected chi connectivity index (χ2v) is 5.11. The zero-order chi connectivity index (χ0) is 15.4. The average Bonchev–Trinajstić information content (AvgIpc) is 2.32. The van der Waals surface area contributed by atoms with Crippen LogP contribution in [0.1, 0.15) is 6.92 Å². The van der Waals surface area contributed by atoms with Crippen LogP contribution >= 0.6 is 23.2 Å². The fraction of sp³-hybridized carbons (Fsp3) is 0.333. The highest BCUT2D eigenvalue weighted by molar-refractivity contribution is 6.39. The van der Waals surface area contributed by atoms with Gasteiger partial charge in [-0.2, -0.15) is 0 Å². The molecule has 0 heterocycles. The van der Waals surface area contributed by atoms with Gasteiger partial charge in [-0.05, 0) is 12.1 Å². The van der Waals surface area contributed by atoms with Crippen molar-refractivity contribution in [3.8, 4) is 0 Å². The van der Waals surface area contributed by atoms with E-state index in [4.69, 9.17) is 28.3 Å². The summed E-state index contributed by atoms with van der Waals surface area (Å²) >= 11 is 11.6. The molecule has 1 unspecified atom stereocenters. The number of halogens is 3. The summed E-state index contributed by atoms with van der Waals surface area (Å²) in [6.45, 7) is 1.49. The lowest BCUT2D eigenvalue weighted by atomic mass is 10.2. The molecule has 0 aliphatic rings. The van der Waals surface area contributed by atoms with E-state index in [0.29, 0.717) is 0 Å². The number of rotatable bonds is 4. The van der Waals surface area contributed by atoms with Crippen molar-refractivity contribution >= 4 is 40.9 Å². The Morgan fingerprint density at radius 2 is 1.90 bits per heavy atom. The molecule has 1 aromatic carbocycles. The third-order valence-electron chi connectivity index (χ3n) is 2.55. The molecule has 0 aliphatic heterocycles. The van der Waals surface area contributed by atoms with E-state index in [2.05, 4.69) is 5.32 Å². The molecule has 0 spiro atoms. The van der Waals surface area contributed by atoms with Crippen molar-refractivity contribution in [2.24, 2.45) is 5.92 Å². The second kappa shape index (κ2) is 6.76. The summed E-state index contributed by atoms with van der Waals surface area (Å²) in [5.74, 6) is -2.35. The predicted molar refractivity (Wildman–Crippen MR) is 74.9 cm³/mol. The summed E-state index contributed by atoms with van der Waals surface area (Å²) in [4.78, 5) is 23.8. The third-order valence-corrected chi connectivity index (χ3v) is 3.15. The fourth-order valence-corrected chi connectivity index (χ4v) is 1.99. The number of hydrogen-bond acceptors (Lipinski definition) is 2. The quantitative estimate of drug-likeness (QED) is 0.893. The van der Waals surface area contributed by atoms with Gasteiger partial charge in [0.25, 0.3) is 0 Å². The molecule has 20 heavy (non-hydrogen) atoms. The van der Waals surface area contributed by atoms with Gasteiger partial charge >= 0.3 is 12.0 Å². The Bertz CT molecular complexity index is 516. The maximum absolute atomic E-state index is 13.0. The lowest BCUT2D eigenvalue weighted by Crippen LogP contribution is -2.36. The Balaban J connectivity index is 2.78. The van der Waals surface area contributed by atoms with Crippen molar-refractivity contribution in [2.75, 3.05) is 18.9 Å². The van der Waals surface area contributed by atoms with Crippen molar-refractivity contribution in [3.63, 3.8) is 0 Å². The summed E-state index contributed by atoms with van der Waals surface area (Å²) in [6.07, 6.45) is 0. The molecule has 1 atom stereocenters. The average molecular weight is 323 g/mol. The Labute approximate surface area is 125 Å². The maximum Gasteiger partial charge on any atom is 0.321 e. The van der Waals surface area contributed by atoms with Crippen LogP contribution in [-0.2, 0) is 4.79 Å². The van der Waals surface area contributed by atoms with E-state index in [-0.39, 0.29) is 22.3 Å². The number of nitrogens with zero attached hydrogens (tertiary/aromatic N) is 1. The van der Waals surface area contributed by atoms with Gasteiger partial charge in [-0.25, -0.2) is 9.18 Å². The van der Waals surface area contributed by atoms with E-state index in [1.165, 1.54) is 18.9 Å². The summed E-state index contributed by atoms with van der Waals surface area (Å²) in [6, 6.07) is 1.44. The summed E-state index contributed by atoms with van der Waals surface area (Å²) in [5, 5.41) is 11.1. The Hall–Kier alpha value is -1.53. The lowest BCUT2D eigenvalue weighted by Gasteiger charge is -2.20. The highest BCUT2D eigenvalue weighted by atomic mass is 35.5. The van der Waals surface area contributed by atoms with E-state index in [0.717, 1.165) is 12.1 Å². The van der Waals surface area contributed by atoms with Crippen molar-refractivity contribution < 1.29 is 19.1 Å². The molecule has 1 rings (SSSR count). The van der Waals surface area contributed by atoms with E-state index in [1.807, 2.05) is 0 Å². The topological polar surface area (TPSA) is 69.6 Å². The number of carboxylic acid groups (broad SMARTS) is 1. The van der Waals surface area contributed by atoms with Gasteiger partial charge in [0.15, 0.2) is 0 Å². The van der Waals surface area contributed by atoms with Crippen LogP contribution in [0, 0.1) is 11.7 Å². The number of carbonyl (C=O) groups is 2. The van der Waals surface area contributed by atoms with Crippen molar-refractivity contribution in [3.05, 3.63) is 28.0 Å². The number of carboxylic acids is 1. The van der Waals surface area contributed by atoms with Gasteiger partial charge < -0.3 is 15.3 Å². The smallest absolute Gasteiger partial charge is 0.321 e. The normalized spacial score (nSPS) is 11.8. The second-order valence-electron chi connectivity index (χ2n) is 4.29. The number of carbonyl (C=O) groups excluding carboxylic acids is 1. The molecular weight excluding hydrogens is 310 g/mol. The zero-order valence-corrected chi connectivity index (χ0v) is 12.3. The van der Waals surface area contributed by atoms with Gasteiger partial charge in [-0.1, -0.05) is 30.1 Å². The van der Waals surface area contributed by atoms with Crippen LogP contribution in [0.4, 0.5) is 14.9 Å². The summed E-state index contributed by atoms with van der Waals surface area (Å²) < 4.78 is 13.0. The van der Waals surface area contributed by atoms with E-state index in [9.17, 15) is 14.0 Å². The molecule has 0 saturated heterocycles. The van der Waals surface area contributed by atoms with Crippen molar-refractivity contribution in [1.29, 1.82) is 0 Å². The lowest BCUT2D eigenvalue weighted by molar-refractivity contribution is -0.141. The first-order valence-corrected chi connectivity index (χ1v) is 6.37. The predicted octanol–water partition coefficient (Wildman–Crippen LogP) is 3.32. The number of hydrogen-bond donors (Lipinski definition) is 2. The van der Waals surface area contributed by atoms with Gasteiger partial charge in [0.1, 0.15) is 5.82 Å². The zero-order valence-electron chi connectivity index (χ0n) is 10.8. The fourth-order valence-electron chi connectivity index (χ4n) is 1.44. The van der Waals surface area contributed by atoms with Crippen LogP contribution < -0.4 is 5.32 Å². The number of urea groups is 1. The van der Waals surface area contributed by atoms with Crippen LogP contribution in [0.5, 0.6) is 0 Å². The highest BCUT2D eigenvalue weighted by Crippen LogP contribution is 2.31. The van der Waals surface area contributed by atoms with Crippen LogP contribution in [0.2, 0.25) is 10.0 Å². The van der Waals surface area contributed by atoms with Crippen LogP contribution in [0.15, 0.2) is 12.1 Å². The van der Waals surface area contributed by atoms with Crippen LogP contribution in [-0.4, -0.2) is 35.6 Å². The Kier molecular flexibility index (Phi) is 5.59. The summed E-state index contributed by atoms with van der Waals surface area (Å²) in [5.41, 5.74) is 0.0783. The first-order chi connectivity index (χ1) is 9.22. The minimum Gasteiger partial charge on any atom is -0.481 e. The Morgan fingerprint density at radius 1 is 1.40 bits per heavy atom. The van der Waals surface area contributed by atoms with Crippen molar-refractivity contribution in [1.82, 2.24) is 4.90 Å². The molecule has 2 N–H and O–H groups in total. The molecule has 8 heteroatoms. The minimum absolute atomic E-state index is 0.0115. The maximum atomic E-state index is 13.0. The minimum atomic E-state index is -1.01. The molecule has 0 bridgehead atoms. The molecule has 0 saturated carbocycles. The molecular formula is C12H13Cl2FN2O3. The monoisotopic (exact) mass is 322 g/mol. The molecule has 110 valence electrons.